The average molecular weight is 680 g/mol. The molecule has 46 heavy (non-hydrogen) atoms. The van der Waals surface area contributed by atoms with Gasteiger partial charge in [0.2, 0.25) is 0 Å². The lowest BCUT2D eigenvalue weighted by Gasteiger charge is -2.16. The molecular weight excluding hydrogens is 622 g/mol. The van der Waals surface area contributed by atoms with Crippen LogP contribution in [0.1, 0.15) is 109 Å². The molecule has 14 heteroatoms. The first-order valence-electron chi connectivity index (χ1n) is 16.5. The number of unbranched alkanes of at least 4 members (excludes halogenated alkanes) is 6. The van der Waals surface area contributed by atoms with Gasteiger partial charge in [0.1, 0.15) is 24.4 Å². The fourth-order valence-electron chi connectivity index (χ4n) is 4.46. The van der Waals surface area contributed by atoms with Crippen LogP contribution in [-0.4, -0.2) is 118 Å². The van der Waals surface area contributed by atoms with Crippen LogP contribution >= 0.6 is 11.8 Å². The third-order valence-corrected chi connectivity index (χ3v) is 7.97. The second kappa shape index (κ2) is 29.1. The predicted molar refractivity (Wildman–Crippen MR) is 173 cm³/mol. The fourth-order valence-corrected chi connectivity index (χ4v) is 4.95. The normalized spacial score (nSPS) is 13.8. The van der Waals surface area contributed by atoms with Crippen molar-refractivity contribution in [1.29, 1.82) is 0 Å². The minimum Gasteiger partial charge on any atom is -0.481 e. The van der Waals surface area contributed by atoms with Crippen molar-refractivity contribution in [3.63, 3.8) is 0 Å². The number of ether oxygens (including phenoxy) is 2. The molecule has 0 fully saturated rings. The maximum Gasteiger partial charge on any atom is 0.305 e. The lowest BCUT2D eigenvalue weighted by atomic mass is 10.0. The molecule has 6 N–H and O–H groups in total. The van der Waals surface area contributed by atoms with Crippen LogP contribution in [0.25, 0.3) is 0 Å². The van der Waals surface area contributed by atoms with E-state index in [1.165, 1.54) is 25.0 Å². The molecule has 0 heterocycles. The van der Waals surface area contributed by atoms with Gasteiger partial charge in [0.15, 0.2) is 11.6 Å². The standard InChI is InChI=1S/C32H57NO12S/c1-46-23-9-5-3-2-4-8-21-44-30(41)16-11-22-45-29(40)15-10-13-25(35)32(43)27(37)18-20-33-19-17-26(36)31(42)24(34)12-6-7-14-28(38)39/h24-27,33-37H,2-23H2,1H3,(H,38,39). The summed E-state index contributed by atoms with van der Waals surface area (Å²) in [6.45, 7) is 0.799. The molecule has 13 nitrogen and oxygen atoms in total. The number of esters is 2. The number of aliphatic carboxylic acids is 1. The molecular formula is C32H57NO12S. The van der Waals surface area contributed by atoms with E-state index in [2.05, 4.69) is 11.6 Å². The van der Waals surface area contributed by atoms with Gasteiger partial charge in [0.05, 0.1) is 13.2 Å². The van der Waals surface area contributed by atoms with Gasteiger partial charge in [0, 0.05) is 19.3 Å². The third kappa shape index (κ3) is 25.0. The number of carbonyl (C=O) groups is 5. The highest BCUT2D eigenvalue weighted by molar-refractivity contribution is 7.98. The van der Waals surface area contributed by atoms with E-state index in [1.807, 2.05) is 11.8 Å². The molecule has 268 valence electrons. The lowest BCUT2D eigenvalue weighted by Crippen LogP contribution is -2.36. The number of aliphatic hydroxyl groups is 4. The summed E-state index contributed by atoms with van der Waals surface area (Å²) in [5, 5.41) is 51.4. The smallest absolute Gasteiger partial charge is 0.305 e. The van der Waals surface area contributed by atoms with E-state index in [0.717, 1.165) is 19.3 Å². The number of hydrogen-bond donors (Lipinski definition) is 6. The zero-order valence-electron chi connectivity index (χ0n) is 27.4. The summed E-state index contributed by atoms with van der Waals surface area (Å²) >= 11 is 1.86. The number of carbonyl (C=O) groups excluding carboxylic acids is 4. The van der Waals surface area contributed by atoms with Crippen molar-refractivity contribution in [2.45, 2.75) is 134 Å². The van der Waals surface area contributed by atoms with Crippen molar-refractivity contribution in [1.82, 2.24) is 5.32 Å². The van der Waals surface area contributed by atoms with Crippen molar-refractivity contribution in [3.05, 3.63) is 0 Å². The van der Waals surface area contributed by atoms with Gasteiger partial charge in [-0.2, -0.15) is 11.8 Å². The molecule has 0 amide bonds. The molecule has 0 radical (unpaired) electrons. The molecule has 0 aliphatic rings. The van der Waals surface area contributed by atoms with E-state index in [1.54, 1.807) is 0 Å². The summed E-state index contributed by atoms with van der Waals surface area (Å²) in [5.74, 6) is -2.12. The third-order valence-electron chi connectivity index (χ3n) is 7.27. The highest BCUT2D eigenvalue weighted by Crippen LogP contribution is 2.10. The first kappa shape index (κ1) is 43.9. The average Bonchev–Trinajstić information content (AvgIpc) is 3.02. The van der Waals surface area contributed by atoms with E-state index < -0.39 is 47.9 Å². The number of nitrogens with one attached hydrogen (secondary N) is 1. The molecule has 0 aromatic carbocycles. The Morgan fingerprint density at radius 1 is 0.565 bits per heavy atom. The van der Waals surface area contributed by atoms with E-state index in [9.17, 15) is 44.4 Å². The van der Waals surface area contributed by atoms with Crippen LogP contribution < -0.4 is 5.32 Å². The van der Waals surface area contributed by atoms with Gasteiger partial charge >= 0.3 is 17.9 Å². The lowest BCUT2D eigenvalue weighted by molar-refractivity contribution is -0.148. The highest BCUT2D eigenvalue weighted by Gasteiger charge is 2.24. The van der Waals surface area contributed by atoms with Gasteiger partial charge in [0.25, 0.3) is 0 Å². The predicted octanol–water partition coefficient (Wildman–Crippen LogP) is 2.32. The number of Topliss-reactive ketones (excluding diaryl/α,β-unsaturated/α-hetero) is 2. The minimum absolute atomic E-state index is 0.00321. The van der Waals surface area contributed by atoms with Gasteiger partial charge in [-0.3, -0.25) is 24.0 Å². The van der Waals surface area contributed by atoms with Gasteiger partial charge in [-0.15, -0.1) is 0 Å². The van der Waals surface area contributed by atoms with Gasteiger partial charge in [-0.1, -0.05) is 25.7 Å². The zero-order valence-corrected chi connectivity index (χ0v) is 28.2. The summed E-state index contributed by atoms with van der Waals surface area (Å²) in [5.41, 5.74) is 0. The van der Waals surface area contributed by atoms with Gasteiger partial charge in [-0.25, -0.2) is 0 Å². The molecule has 4 atom stereocenters. The molecule has 0 aliphatic heterocycles. The van der Waals surface area contributed by atoms with Crippen molar-refractivity contribution in [2.24, 2.45) is 0 Å². The Morgan fingerprint density at radius 2 is 1.02 bits per heavy atom. The van der Waals surface area contributed by atoms with Gasteiger partial charge < -0.3 is 40.3 Å². The fraction of sp³-hybridized carbons (Fsp3) is 0.844. The molecule has 0 saturated heterocycles. The van der Waals surface area contributed by atoms with Crippen molar-refractivity contribution >= 4 is 41.2 Å². The Balaban J connectivity index is 3.86. The highest BCUT2D eigenvalue weighted by atomic mass is 32.2. The molecule has 0 saturated carbocycles. The Labute approximate surface area is 277 Å². The molecule has 4 unspecified atom stereocenters. The molecule has 0 aliphatic carbocycles. The van der Waals surface area contributed by atoms with Crippen LogP contribution in [0.3, 0.4) is 0 Å². The topological polar surface area (TPSA) is 217 Å². The van der Waals surface area contributed by atoms with Crippen molar-refractivity contribution < 1.29 is 59.0 Å². The maximum atomic E-state index is 12.2. The number of aliphatic hydroxyl groups excluding tert-OH is 4. The number of carboxylic acid groups (broad SMARTS) is 1. The van der Waals surface area contributed by atoms with Crippen LogP contribution in [0, 0.1) is 0 Å². The number of carboxylic acids is 1. The van der Waals surface area contributed by atoms with E-state index in [0.29, 0.717) is 25.9 Å². The quantitative estimate of drug-likeness (QED) is 0.0444. The minimum atomic E-state index is -1.45. The SMILES string of the molecule is CSCCCCCCCCOC(=O)CCCOC(=O)CCCC(O)C(=O)C(O)CCNCCC(O)C(=O)C(O)CCCCC(=O)O. The first-order valence-corrected chi connectivity index (χ1v) is 17.9. The maximum absolute atomic E-state index is 12.2. The van der Waals surface area contributed by atoms with Crippen LogP contribution in [-0.2, 0) is 33.4 Å². The van der Waals surface area contributed by atoms with E-state index in [-0.39, 0.29) is 77.0 Å². The zero-order chi connectivity index (χ0) is 34.6. The van der Waals surface area contributed by atoms with E-state index in [4.69, 9.17) is 14.6 Å². The second-order valence-corrected chi connectivity index (χ2v) is 12.4. The van der Waals surface area contributed by atoms with Crippen molar-refractivity contribution in [3.8, 4) is 0 Å². The molecule has 0 rings (SSSR count). The van der Waals surface area contributed by atoms with Crippen molar-refractivity contribution in [2.75, 3.05) is 38.3 Å². The Hall–Kier alpha value is -2.10. The number of ketones is 2. The van der Waals surface area contributed by atoms with Crippen LogP contribution in [0.4, 0.5) is 0 Å². The Bertz CT molecular complexity index is 859. The molecule has 0 aromatic rings. The Kier molecular flexibility index (Phi) is 27.7. The van der Waals surface area contributed by atoms with Crippen LogP contribution in [0.15, 0.2) is 0 Å². The Morgan fingerprint density at radius 3 is 1.57 bits per heavy atom. The largest absolute Gasteiger partial charge is 0.481 e. The summed E-state index contributed by atoms with van der Waals surface area (Å²) in [7, 11) is 0. The monoisotopic (exact) mass is 679 g/mol. The molecule has 0 bridgehead atoms. The molecule has 0 aromatic heterocycles. The number of rotatable bonds is 32. The summed E-state index contributed by atoms with van der Waals surface area (Å²) in [6.07, 6.45) is 4.36. The van der Waals surface area contributed by atoms with Crippen LogP contribution in [0.5, 0.6) is 0 Å². The first-order chi connectivity index (χ1) is 22.0. The van der Waals surface area contributed by atoms with Crippen LogP contribution in [0.2, 0.25) is 0 Å². The summed E-state index contributed by atoms with van der Waals surface area (Å²) in [4.78, 5) is 58.4. The number of hydrogen-bond acceptors (Lipinski definition) is 13. The van der Waals surface area contributed by atoms with E-state index >= 15 is 0 Å². The van der Waals surface area contributed by atoms with Gasteiger partial charge in [-0.05, 0) is 89.3 Å². The summed E-state index contributed by atoms with van der Waals surface area (Å²) < 4.78 is 10.3. The number of thioether (sulfide) groups is 1. The molecule has 0 spiro atoms. The second-order valence-electron chi connectivity index (χ2n) is 11.4. The summed E-state index contributed by atoms with van der Waals surface area (Å²) in [6, 6.07) is 0.